The van der Waals surface area contributed by atoms with E-state index in [4.69, 9.17) is 17.2 Å². The zero-order valence-corrected chi connectivity index (χ0v) is 9.88. The molecule has 98 valence electrons. The van der Waals surface area contributed by atoms with Gasteiger partial charge in [-0.15, -0.1) is 0 Å². The quantitative estimate of drug-likeness (QED) is 0.452. The average Bonchev–Trinajstić information content (AvgIpc) is 2.26. The number of carbonyl (C=O) groups excluding carboxylic acids is 2. The molecule has 0 aromatic carbocycles. The van der Waals surface area contributed by atoms with Gasteiger partial charge in [-0.25, -0.2) is 0 Å². The summed E-state index contributed by atoms with van der Waals surface area (Å²) in [4.78, 5) is 31.0. The molecule has 0 aliphatic rings. The van der Waals surface area contributed by atoms with Crippen LogP contribution in [0.1, 0.15) is 0 Å². The Morgan fingerprint density at radius 2 is 1.83 bits per heavy atom. The largest absolute Gasteiger partial charge is 0.373 e. The van der Waals surface area contributed by atoms with Gasteiger partial charge in [-0.05, 0) is 0 Å². The number of nitrogens with zero attached hydrogens (tertiary/aromatic N) is 3. The molecule has 0 radical (unpaired) electrons. The van der Waals surface area contributed by atoms with Crippen molar-refractivity contribution < 1.29 is 9.59 Å². The fraction of sp³-hybridized carbons (Fsp3) is 0.333. The van der Waals surface area contributed by atoms with Crippen LogP contribution in [0, 0.1) is 0 Å². The molecule has 0 unspecified atom stereocenters. The first-order valence-corrected chi connectivity index (χ1v) is 5.06. The lowest BCUT2D eigenvalue weighted by atomic mass is 10.4. The van der Waals surface area contributed by atoms with E-state index in [1.165, 1.54) is 11.0 Å². The zero-order valence-electron chi connectivity index (χ0n) is 9.88. The van der Waals surface area contributed by atoms with Gasteiger partial charge in [-0.3, -0.25) is 9.59 Å². The number of amides is 2. The lowest BCUT2D eigenvalue weighted by molar-refractivity contribution is -0.117. The molecule has 0 saturated heterocycles. The molecule has 1 aromatic rings. The van der Waals surface area contributed by atoms with Gasteiger partial charge in [0, 0.05) is 13.1 Å². The predicted octanol–water partition coefficient (Wildman–Crippen LogP) is -2.12. The van der Waals surface area contributed by atoms with Gasteiger partial charge in [0.1, 0.15) is 11.6 Å². The molecule has 1 heterocycles. The molecule has 9 heteroatoms. The summed E-state index contributed by atoms with van der Waals surface area (Å²) in [6.45, 7) is -0.384. The van der Waals surface area contributed by atoms with Crippen molar-refractivity contribution in [1.82, 2.24) is 9.97 Å². The predicted molar refractivity (Wildman–Crippen MR) is 66.6 cm³/mol. The monoisotopic (exact) mass is 253 g/mol. The van der Waals surface area contributed by atoms with Gasteiger partial charge >= 0.3 is 0 Å². The second-order valence-electron chi connectivity index (χ2n) is 3.51. The molecule has 1 aromatic heterocycles. The number of nitrogens with one attached hydrogen (secondary N) is 1. The Balaban J connectivity index is 3.06. The van der Waals surface area contributed by atoms with Crippen LogP contribution in [0.4, 0.5) is 17.6 Å². The van der Waals surface area contributed by atoms with Crippen molar-refractivity contribution in [2.45, 2.75) is 0 Å². The number of aromatic nitrogens is 2. The van der Waals surface area contributed by atoms with Crippen molar-refractivity contribution in [3.63, 3.8) is 0 Å². The van der Waals surface area contributed by atoms with E-state index in [1.807, 2.05) is 0 Å². The van der Waals surface area contributed by atoms with E-state index in [-0.39, 0.29) is 19.0 Å². The average molecular weight is 253 g/mol. The molecule has 0 aliphatic carbocycles. The van der Waals surface area contributed by atoms with E-state index < -0.39 is 11.8 Å². The van der Waals surface area contributed by atoms with E-state index in [1.54, 1.807) is 7.05 Å². The maximum Gasteiger partial charge on any atom is 0.237 e. The Morgan fingerprint density at radius 3 is 2.28 bits per heavy atom. The van der Waals surface area contributed by atoms with E-state index in [2.05, 4.69) is 15.3 Å². The highest BCUT2D eigenvalue weighted by Crippen LogP contribution is 2.16. The topological polar surface area (TPSA) is 153 Å². The van der Waals surface area contributed by atoms with Crippen LogP contribution in [-0.4, -0.2) is 41.9 Å². The maximum atomic E-state index is 10.9. The Kier molecular flexibility index (Phi) is 4.24. The summed E-state index contributed by atoms with van der Waals surface area (Å²) >= 11 is 0. The standard InChI is InChI=1S/C9H15N7O2/c1-13-7-2-8(15-9(12)14-7)16(3-5(10)17)4-6(11)18/h2H,3-4H2,1H3,(H2,10,17)(H2,11,18)(H3,12,13,14,15). The van der Waals surface area contributed by atoms with Crippen LogP contribution in [0.3, 0.4) is 0 Å². The first kappa shape index (κ1) is 13.5. The Labute approximate surface area is 103 Å². The van der Waals surface area contributed by atoms with Crippen LogP contribution in [0.5, 0.6) is 0 Å². The van der Waals surface area contributed by atoms with Gasteiger partial charge in [0.05, 0.1) is 13.1 Å². The highest BCUT2D eigenvalue weighted by molar-refractivity contribution is 5.84. The minimum absolute atomic E-state index is 0.00999. The van der Waals surface area contributed by atoms with Gasteiger partial charge in [0.15, 0.2) is 0 Å². The summed E-state index contributed by atoms with van der Waals surface area (Å²) in [5, 5.41) is 2.78. The summed E-state index contributed by atoms with van der Waals surface area (Å²) in [6.07, 6.45) is 0. The maximum absolute atomic E-state index is 10.9. The summed E-state index contributed by atoms with van der Waals surface area (Å²) < 4.78 is 0. The Bertz CT molecular complexity index is 446. The molecule has 0 atom stereocenters. The molecular weight excluding hydrogens is 238 g/mol. The highest BCUT2D eigenvalue weighted by Gasteiger charge is 2.15. The van der Waals surface area contributed by atoms with Crippen molar-refractivity contribution in [2.75, 3.05) is 36.1 Å². The number of rotatable bonds is 6. The summed E-state index contributed by atoms with van der Waals surface area (Å²) in [7, 11) is 1.65. The molecule has 1 rings (SSSR count). The van der Waals surface area contributed by atoms with Crippen molar-refractivity contribution >= 4 is 29.4 Å². The van der Waals surface area contributed by atoms with Gasteiger partial charge in [0.25, 0.3) is 0 Å². The second kappa shape index (κ2) is 5.66. The number of hydrogen-bond donors (Lipinski definition) is 4. The normalized spacial score (nSPS) is 9.83. The van der Waals surface area contributed by atoms with Crippen LogP contribution >= 0.6 is 0 Å². The van der Waals surface area contributed by atoms with Crippen molar-refractivity contribution in [2.24, 2.45) is 11.5 Å². The minimum Gasteiger partial charge on any atom is -0.373 e. The van der Waals surface area contributed by atoms with Crippen molar-refractivity contribution in [1.29, 1.82) is 0 Å². The second-order valence-corrected chi connectivity index (χ2v) is 3.51. The number of carbonyl (C=O) groups is 2. The molecule has 9 nitrogen and oxygen atoms in total. The SMILES string of the molecule is CNc1cc(N(CC(N)=O)CC(N)=O)nc(N)n1. The number of nitrogen functional groups attached to an aromatic ring is 1. The third-order valence-electron chi connectivity index (χ3n) is 2.00. The van der Waals surface area contributed by atoms with E-state index in [0.29, 0.717) is 11.6 Å². The molecule has 0 aliphatic heterocycles. The molecule has 7 N–H and O–H groups in total. The third-order valence-corrected chi connectivity index (χ3v) is 2.00. The van der Waals surface area contributed by atoms with Crippen LogP contribution < -0.4 is 27.4 Å². The lowest BCUT2D eigenvalue weighted by Gasteiger charge is -2.20. The molecule has 2 amide bonds. The zero-order chi connectivity index (χ0) is 13.7. The highest BCUT2D eigenvalue weighted by atomic mass is 16.2. The molecule has 0 saturated carbocycles. The van der Waals surface area contributed by atoms with Gasteiger partial charge in [-0.2, -0.15) is 9.97 Å². The van der Waals surface area contributed by atoms with E-state index >= 15 is 0 Å². The Hall–Kier alpha value is -2.58. The summed E-state index contributed by atoms with van der Waals surface area (Å²) in [6, 6.07) is 1.53. The molecule has 0 spiro atoms. The number of anilines is 3. The van der Waals surface area contributed by atoms with Crippen LogP contribution in [0.15, 0.2) is 6.07 Å². The molecule has 0 fully saturated rings. The molecular formula is C9H15N7O2. The van der Waals surface area contributed by atoms with Crippen molar-refractivity contribution in [3.8, 4) is 0 Å². The van der Waals surface area contributed by atoms with Gasteiger partial charge in [-0.1, -0.05) is 0 Å². The van der Waals surface area contributed by atoms with Crippen LogP contribution in [-0.2, 0) is 9.59 Å². The first-order chi connectivity index (χ1) is 8.42. The Morgan fingerprint density at radius 1 is 1.28 bits per heavy atom. The minimum atomic E-state index is -0.612. The summed E-state index contributed by atoms with van der Waals surface area (Å²) in [5.41, 5.74) is 15.7. The van der Waals surface area contributed by atoms with Crippen LogP contribution in [0.2, 0.25) is 0 Å². The molecule has 18 heavy (non-hydrogen) atoms. The van der Waals surface area contributed by atoms with Gasteiger partial charge < -0.3 is 27.4 Å². The number of hydrogen-bond acceptors (Lipinski definition) is 7. The number of primary amides is 2. The fourth-order valence-electron chi connectivity index (χ4n) is 1.34. The van der Waals surface area contributed by atoms with E-state index in [0.717, 1.165) is 0 Å². The molecule has 0 bridgehead atoms. The smallest absolute Gasteiger partial charge is 0.237 e. The fourth-order valence-corrected chi connectivity index (χ4v) is 1.34. The van der Waals surface area contributed by atoms with E-state index in [9.17, 15) is 9.59 Å². The third kappa shape index (κ3) is 3.77. The lowest BCUT2D eigenvalue weighted by Crippen LogP contribution is -2.40. The van der Waals surface area contributed by atoms with Crippen LogP contribution in [0.25, 0.3) is 0 Å². The van der Waals surface area contributed by atoms with Gasteiger partial charge in [0.2, 0.25) is 17.8 Å². The number of nitrogens with two attached hydrogens (primary N) is 3. The summed E-state index contributed by atoms with van der Waals surface area (Å²) in [5.74, 6) is -0.462. The van der Waals surface area contributed by atoms with Crippen molar-refractivity contribution in [3.05, 3.63) is 6.07 Å². The first-order valence-electron chi connectivity index (χ1n) is 5.06.